The smallest absolute Gasteiger partial charge is 0.384 e. The molecule has 1 unspecified atom stereocenters. The highest BCUT2D eigenvalue weighted by Gasteiger charge is 2.64. The van der Waals surface area contributed by atoms with Crippen molar-refractivity contribution in [3.63, 3.8) is 0 Å². The molecule has 0 amide bonds. The Morgan fingerprint density at radius 2 is 1.58 bits per heavy atom. The van der Waals surface area contributed by atoms with Gasteiger partial charge in [-0.3, -0.25) is 9.59 Å². The molecule has 6 heteroatoms. The van der Waals surface area contributed by atoms with Crippen LogP contribution in [0.1, 0.15) is 92.9 Å². The van der Waals surface area contributed by atoms with Crippen LogP contribution < -0.4 is 0 Å². The van der Waals surface area contributed by atoms with Crippen molar-refractivity contribution in [3.8, 4) is 11.8 Å². The van der Waals surface area contributed by atoms with Crippen molar-refractivity contribution in [2.45, 2.75) is 105 Å². The molecule has 4 aliphatic carbocycles. The summed E-state index contributed by atoms with van der Waals surface area (Å²) in [6.07, 6.45) is 8.02. The summed E-state index contributed by atoms with van der Waals surface area (Å²) in [4.78, 5) is 35.7. The standard InChI is InChI=1S/C30H44O6/c1-7-34-27(33)11-8-18(2)23-9-10-24-28-25(13-15-30(23,24)6)29(5)14-12-22(35-19(3)31)16-21(29)17-26(28)36-20(4)32/h18,21-26,28H,7,9-10,12-17H2,1-6H3/t18-,21+,22-,23-,24?,25+,26+,28+,29+,30-/m1/s1. The third-order valence-electron chi connectivity index (χ3n) is 10.6. The number of ether oxygens (including phenoxy) is 3. The Balaban J connectivity index is 1.59. The normalized spacial score (nSPS) is 41.9. The van der Waals surface area contributed by atoms with Crippen molar-refractivity contribution in [3.05, 3.63) is 0 Å². The first kappa shape index (κ1) is 27.0. The van der Waals surface area contributed by atoms with Crippen LogP contribution in [0.2, 0.25) is 0 Å². The third kappa shape index (κ3) is 4.92. The van der Waals surface area contributed by atoms with Gasteiger partial charge in [0.05, 0.1) is 6.61 Å². The second kappa shape index (κ2) is 10.4. The van der Waals surface area contributed by atoms with Crippen LogP contribution in [0.15, 0.2) is 0 Å². The van der Waals surface area contributed by atoms with Crippen molar-refractivity contribution in [1.82, 2.24) is 0 Å². The first-order chi connectivity index (χ1) is 17.0. The van der Waals surface area contributed by atoms with Crippen LogP contribution in [0.5, 0.6) is 0 Å². The van der Waals surface area contributed by atoms with E-state index in [0.29, 0.717) is 36.2 Å². The largest absolute Gasteiger partial charge is 0.463 e. The maximum absolute atomic E-state index is 12.2. The zero-order valence-electron chi connectivity index (χ0n) is 22.9. The van der Waals surface area contributed by atoms with E-state index in [4.69, 9.17) is 14.2 Å². The van der Waals surface area contributed by atoms with E-state index in [9.17, 15) is 14.4 Å². The number of rotatable bonds is 4. The van der Waals surface area contributed by atoms with E-state index in [1.165, 1.54) is 13.8 Å². The van der Waals surface area contributed by atoms with E-state index >= 15 is 0 Å². The van der Waals surface area contributed by atoms with Crippen LogP contribution in [-0.2, 0) is 28.6 Å². The summed E-state index contributed by atoms with van der Waals surface area (Å²) in [5.41, 5.74) is 0.285. The van der Waals surface area contributed by atoms with Crippen LogP contribution in [-0.4, -0.2) is 36.7 Å². The summed E-state index contributed by atoms with van der Waals surface area (Å²) in [7, 11) is 0. The molecule has 4 saturated carbocycles. The molecule has 0 aromatic rings. The zero-order valence-corrected chi connectivity index (χ0v) is 22.9. The average Bonchev–Trinajstić information content (AvgIpc) is 3.15. The van der Waals surface area contributed by atoms with Gasteiger partial charge in [0.1, 0.15) is 12.2 Å². The Morgan fingerprint density at radius 1 is 0.917 bits per heavy atom. The van der Waals surface area contributed by atoms with Gasteiger partial charge in [-0.1, -0.05) is 26.7 Å². The number of esters is 3. The molecule has 4 aliphatic rings. The van der Waals surface area contributed by atoms with Gasteiger partial charge < -0.3 is 14.2 Å². The van der Waals surface area contributed by atoms with Crippen molar-refractivity contribution >= 4 is 17.9 Å². The van der Waals surface area contributed by atoms with Crippen LogP contribution in [0.25, 0.3) is 0 Å². The van der Waals surface area contributed by atoms with Gasteiger partial charge in [0.2, 0.25) is 0 Å². The maximum atomic E-state index is 12.2. The topological polar surface area (TPSA) is 78.9 Å². The fraction of sp³-hybridized carbons (Fsp3) is 0.833. The van der Waals surface area contributed by atoms with Crippen LogP contribution in [0, 0.1) is 58.2 Å². The van der Waals surface area contributed by atoms with E-state index in [0.717, 1.165) is 51.4 Å². The third-order valence-corrected chi connectivity index (χ3v) is 10.6. The molecular weight excluding hydrogens is 456 g/mol. The summed E-state index contributed by atoms with van der Waals surface area (Å²) in [6.45, 7) is 12.2. The van der Waals surface area contributed by atoms with Crippen LogP contribution >= 0.6 is 0 Å². The van der Waals surface area contributed by atoms with Crippen molar-refractivity contribution in [2.75, 3.05) is 6.61 Å². The van der Waals surface area contributed by atoms with E-state index in [1.54, 1.807) is 6.92 Å². The number of carbonyl (C=O) groups is 3. The molecule has 0 heterocycles. The van der Waals surface area contributed by atoms with Crippen LogP contribution in [0.3, 0.4) is 0 Å². The minimum absolute atomic E-state index is 0.0290. The van der Waals surface area contributed by atoms with Gasteiger partial charge in [-0.2, -0.15) is 0 Å². The minimum atomic E-state index is -0.446. The molecular formula is C30H44O6. The van der Waals surface area contributed by atoms with Crippen molar-refractivity contribution < 1.29 is 28.6 Å². The van der Waals surface area contributed by atoms with Crippen LogP contribution in [0.4, 0.5) is 0 Å². The number of hydrogen-bond acceptors (Lipinski definition) is 6. The highest BCUT2D eigenvalue weighted by molar-refractivity contribution is 5.88. The Labute approximate surface area is 216 Å². The van der Waals surface area contributed by atoms with Gasteiger partial charge in [-0.25, -0.2) is 4.79 Å². The van der Waals surface area contributed by atoms with Crippen molar-refractivity contribution in [1.29, 1.82) is 0 Å². The summed E-state index contributed by atoms with van der Waals surface area (Å²) >= 11 is 0. The second-order valence-corrected chi connectivity index (χ2v) is 12.4. The lowest BCUT2D eigenvalue weighted by molar-refractivity contribution is -0.196. The lowest BCUT2D eigenvalue weighted by Crippen LogP contribution is -2.59. The molecule has 0 aliphatic heterocycles. The van der Waals surface area contributed by atoms with E-state index in [-0.39, 0.29) is 40.9 Å². The first-order valence-corrected chi connectivity index (χ1v) is 14.0. The van der Waals surface area contributed by atoms with Gasteiger partial charge >= 0.3 is 17.9 Å². The number of fused-ring (bicyclic) bond motifs is 5. The fourth-order valence-electron chi connectivity index (χ4n) is 9.14. The van der Waals surface area contributed by atoms with E-state index < -0.39 is 5.97 Å². The molecule has 4 fully saturated rings. The second-order valence-electron chi connectivity index (χ2n) is 12.4. The summed E-state index contributed by atoms with van der Waals surface area (Å²) in [5.74, 6) is 7.27. The van der Waals surface area contributed by atoms with E-state index in [1.807, 2.05) is 0 Å². The molecule has 0 N–H and O–H groups in total. The first-order valence-electron chi connectivity index (χ1n) is 14.0. The summed E-state index contributed by atoms with van der Waals surface area (Å²) in [6, 6.07) is 0. The predicted molar refractivity (Wildman–Crippen MR) is 135 cm³/mol. The molecule has 0 aromatic carbocycles. The quantitative estimate of drug-likeness (QED) is 0.225. The summed E-state index contributed by atoms with van der Waals surface area (Å²) in [5, 5.41) is 0. The average molecular weight is 501 g/mol. The van der Waals surface area contributed by atoms with Gasteiger partial charge in [-0.05, 0) is 92.8 Å². The predicted octanol–water partition coefficient (Wildman–Crippen LogP) is 5.32. The zero-order chi connectivity index (χ0) is 26.3. The molecule has 0 aromatic heterocycles. The molecule has 10 atom stereocenters. The molecule has 4 rings (SSSR count). The van der Waals surface area contributed by atoms with Gasteiger partial charge in [0.25, 0.3) is 0 Å². The van der Waals surface area contributed by atoms with Gasteiger partial charge in [-0.15, -0.1) is 0 Å². The lowest BCUT2D eigenvalue weighted by atomic mass is 9.43. The summed E-state index contributed by atoms with van der Waals surface area (Å²) < 4.78 is 16.7. The molecule has 0 saturated heterocycles. The Bertz CT molecular complexity index is 931. The van der Waals surface area contributed by atoms with Gasteiger partial charge in [0.15, 0.2) is 0 Å². The van der Waals surface area contributed by atoms with Crippen molar-refractivity contribution in [2.24, 2.45) is 46.3 Å². The fourth-order valence-corrected chi connectivity index (χ4v) is 9.14. The molecule has 0 bridgehead atoms. The maximum Gasteiger partial charge on any atom is 0.384 e. The monoisotopic (exact) mass is 500 g/mol. The van der Waals surface area contributed by atoms with E-state index in [2.05, 4.69) is 32.6 Å². The SMILES string of the molecule is CCOC(=O)C#C[C@@H](C)[C@H]1CCC2[C@@H]3[C@@H](OC(C)=O)C[C@@H]4C[C@H](OC(C)=O)CC[C@]4(C)[C@H]3CC[C@@]21C. The number of hydrogen-bond donors (Lipinski definition) is 0. The molecule has 6 nitrogen and oxygen atoms in total. The Kier molecular flexibility index (Phi) is 7.79. The Morgan fingerprint density at radius 3 is 2.25 bits per heavy atom. The molecule has 36 heavy (non-hydrogen) atoms. The molecule has 200 valence electrons. The highest BCUT2D eigenvalue weighted by Crippen LogP contribution is 2.68. The molecule has 0 spiro atoms. The molecule has 0 radical (unpaired) electrons. The van der Waals surface area contributed by atoms with Gasteiger partial charge in [0, 0.05) is 31.6 Å². The minimum Gasteiger partial charge on any atom is -0.463 e. The number of carbonyl (C=O) groups excluding carboxylic acids is 3. The lowest BCUT2D eigenvalue weighted by Gasteiger charge is -2.62. The Hall–Kier alpha value is -2.03. The highest BCUT2D eigenvalue weighted by atomic mass is 16.5.